The number of nitrogens with one attached hydrogen (secondary N) is 1. The molecular formula is C20H21ClN4O4. The second-order valence-corrected chi connectivity index (χ2v) is 7.19. The second-order valence-electron chi connectivity index (χ2n) is 6.79. The van der Waals surface area contributed by atoms with Gasteiger partial charge in [-0.1, -0.05) is 35.9 Å². The molecule has 29 heavy (non-hydrogen) atoms. The van der Waals surface area contributed by atoms with Gasteiger partial charge in [-0.25, -0.2) is 0 Å². The number of nitro groups is 1. The predicted octanol–water partition coefficient (Wildman–Crippen LogP) is 2.57. The van der Waals surface area contributed by atoms with Gasteiger partial charge in [0.05, 0.1) is 28.6 Å². The number of carbonyl (C=O) groups is 2. The Morgan fingerprint density at radius 3 is 2.31 bits per heavy atom. The molecule has 8 nitrogen and oxygen atoms in total. The van der Waals surface area contributed by atoms with Crippen LogP contribution in [0.4, 0.5) is 11.4 Å². The fourth-order valence-electron chi connectivity index (χ4n) is 3.13. The molecule has 0 atom stereocenters. The first-order valence-corrected chi connectivity index (χ1v) is 9.58. The Balaban J connectivity index is 1.44. The summed E-state index contributed by atoms with van der Waals surface area (Å²) in [5.41, 5.74) is 1.32. The average molecular weight is 417 g/mol. The summed E-state index contributed by atoms with van der Waals surface area (Å²) in [6, 6.07) is 13.1. The molecule has 152 valence electrons. The molecule has 0 unspecified atom stereocenters. The summed E-state index contributed by atoms with van der Waals surface area (Å²) in [6.45, 7) is 2.50. The van der Waals surface area contributed by atoms with Crippen LogP contribution in [0, 0.1) is 10.1 Å². The van der Waals surface area contributed by atoms with Gasteiger partial charge in [0.15, 0.2) is 0 Å². The Kier molecular flexibility index (Phi) is 6.79. The van der Waals surface area contributed by atoms with Crippen molar-refractivity contribution in [2.45, 2.75) is 6.42 Å². The highest BCUT2D eigenvalue weighted by molar-refractivity contribution is 6.33. The third-order valence-electron chi connectivity index (χ3n) is 4.74. The number of amides is 2. The van der Waals surface area contributed by atoms with E-state index >= 15 is 0 Å². The monoisotopic (exact) mass is 416 g/mol. The zero-order valence-electron chi connectivity index (χ0n) is 15.7. The zero-order valence-corrected chi connectivity index (χ0v) is 16.5. The van der Waals surface area contributed by atoms with Crippen molar-refractivity contribution in [3.63, 3.8) is 0 Å². The van der Waals surface area contributed by atoms with Crippen molar-refractivity contribution < 1.29 is 14.5 Å². The molecule has 1 fully saturated rings. The van der Waals surface area contributed by atoms with Gasteiger partial charge in [-0.2, -0.15) is 0 Å². The molecule has 1 heterocycles. The predicted molar refractivity (Wildman–Crippen MR) is 110 cm³/mol. The van der Waals surface area contributed by atoms with Gasteiger partial charge in [0.25, 0.3) is 5.69 Å². The number of nitro benzene ring substituents is 1. The quantitative estimate of drug-likeness (QED) is 0.576. The summed E-state index contributed by atoms with van der Waals surface area (Å²) in [6.07, 6.45) is 0.199. The highest BCUT2D eigenvalue weighted by atomic mass is 35.5. The molecule has 2 amide bonds. The summed E-state index contributed by atoms with van der Waals surface area (Å²) >= 11 is 6.05. The highest BCUT2D eigenvalue weighted by Crippen LogP contribution is 2.20. The van der Waals surface area contributed by atoms with Crippen molar-refractivity contribution in [1.82, 2.24) is 9.80 Å². The minimum Gasteiger partial charge on any atom is -0.340 e. The van der Waals surface area contributed by atoms with Crippen LogP contribution in [0.3, 0.4) is 0 Å². The van der Waals surface area contributed by atoms with Gasteiger partial charge in [-0.3, -0.25) is 24.6 Å². The number of anilines is 1. The Hall–Kier alpha value is -2.97. The van der Waals surface area contributed by atoms with E-state index in [2.05, 4.69) is 5.32 Å². The van der Waals surface area contributed by atoms with E-state index in [0.29, 0.717) is 36.9 Å². The molecule has 9 heteroatoms. The summed E-state index contributed by atoms with van der Waals surface area (Å²) in [4.78, 5) is 38.7. The maximum atomic E-state index is 12.5. The van der Waals surface area contributed by atoms with E-state index in [4.69, 9.17) is 11.6 Å². The Morgan fingerprint density at radius 1 is 1.03 bits per heavy atom. The van der Waals surface area contributed by atoms with Crippen molar-refractivity contribution in [2.24, 2.45) is 0 Å². The van der Waals surface area contributed by atoms with E-state index in [1.54, 1.807) is 41.3 Å². The van der Waals surface area contributed by atoms with Crippen LogP contribution in [0.2, 0.25) is 5.02 Å². The topological polar surface area (TPSA) is 95.8 Å². The van der Waals surface area contributed by atoms with Gasteiger partial charge in [-0.05, 0) is 17.7 Å². The lowest BCUT2D eigenvalue weighted by atomic mass is 10.1. The van der Waals surface area contributed by atoms with Gasteiger partial charge in [0.2, 0.25) is 11.8 Å². The molecule has 1 aliphatic rings. The molecule has 0 spiro atoms. The molecule has 0 saturated carbocycles. The average Bonchev–Trinajstić information content (AvgIpc) is 2.70. The number of para-hydroxylation sites is 1. The smallest absolute Gasteiger partial charge is 0.269 e. The lowest BCUT2D eigenvalue weighted by Crippen LogP contribution is -2.50. The van der Waals surface area contributed by atoms with E-state index in [-0.39, 0.29) is 30.5 Å². The van der Waals surface area contributed by atoms with Crippen molar-refractivity contribution in [1.29, 1.82) is 0 Å². The van der Waals surface area contributed by atoms with Gasteiger partial charge >= 0.3 is 0 Å². The minimum atomic E-state index is -0.466. The standard InChI is InChI=1S/C20H21ClN4O4/c21-17-3-1-2-4-18(17)22-19(26)14-23-9-11-24(12-10-23)20(27)13-15-5-7-16(8-6-15)25(28)29/h1-8H,9-14H2,(H,22,26). The number of carbonyl (C=O) groups excluding carboxylic acids is 2. The lowest BCUT2D eigenvalue weighted by Gasteiger charge is -2.34. The number of rotatable bonds is 6. The Labute approximate surface area is 173 Å². The van der Waals surface area contributed by atoms with E-state index in [1.165, 1.54) is 12.1 Å². The Morgan fingerprint density at radius 2 is 1.69 bits per heavy atom. The molecule has 1 aliphatic heterocycles. The maximum Gasteiger partial charge on any atom is 0.269 e. The third-order valence-corrected chi connectivity index (χ3v) is 5.07. The molecule has 2 aromatic rings. The van der Waals surface area contributed by atoms with Gasteiger partial charge in [0, 0.05) is 38.3 Å². The summed E-state index contributed by atoms with van der Waals surface area (Å²) in [5.74, 6) is -0.178. The fourth-order valence-corrected chi connectivity index (χ4v) is 3.32. The van der Waals surface area contributed by atoms with Crippen LogP contribution in [0.15, 0.2) is 48.5 Å². The maximum absolute atomic E-state index is 12.5. The van der Waals surface area contributed by atoms with Crippen molar-refractivity contribution in [3.8, 4) is 0 Å². The molecule has 0 bridgehead atoms. The molecule has 2 aromatic carbocycles. The van der Waals surface area contributed by atoms with Crippen LogP contribution < -0.4 is 5.32 Å². The second kappa shape index (κ2) is 9.49. The molecule has 3 rings (SSSR count). The number of halogens is 1. The summed E-state index contributed by atoms with van der Waals surface area (Å²) in [7, 11) is 0. The highest BCUT2D eigenvalue weighted by Gasteiger charge is 2.22. The molecule has 0 aromatic heterocycles. The van der Waals surface area contributed by atoms with Crippen molar-refractivity contribution >= 4 is 34.8 Å². The third kappa shape index (κ3) is 5.75. The molecule has 0 aliphatic carbocycles. The first kappa shape index (κ1) is 20.8. The molecule has 1 saturated heterocycles. The first-order valence-electron chi connectivity index (χ1n) is 9.20. The normalized spacial score (nSPS) is 14.4. The van der Waals surface area contributed by atoms with Gasteiger partial charge in [-0.15, -0.1) is 0 Å². The van der Waals surface area contributed by atoms with Crippen LogP contribution in [0.1, 0.15) is 5.56 Å². The van der Waals surface area contributed by atoms with Crippen LogP contribution >= 0.6 is 11.6 Å². The van der Waals surface area contributed by atoms with Crippen molar-refractivity contribution in [2.75, 3.05) is 38.0 Å². The van der Waals surface area contributed by atoms with Gasteiger partial charge < -0.3 is 10.2 Å². The van der Waals surface area contributed by atoms with E-state index in [0.717, 1.165) is 5.56 Å². The first-order chi connectivity index (χ1) is 13.9. The van der Waals surface area contributed by atoms with Crippen molar-refractivity contribution in [3.05, 3.63) is 69.2 Å². The molecule has 0 radical (unpaired) electrons. The fraction of sp³-hybridized carbons (Fsp3) is 0.300. The zero-order chi connectivity index (χ0) is 20.8. The summed E-state index contributed by atoms with van der Waals surface area (Å²) in [5, 5.41) is 14.0. The molecular weight excluding hydrogens is 396 g/mol. The van der Waals surface area contributed by atoms with Crippen LogP contribution in [-0.4, -0.2) is 59.3 Å². The van der Waals surface area contributed by atoms with Crippen LogP contribution in [-0.2, 0) is 16.0 Å². The van der Waals surface area contributed by atoms with E-state index in [9.17, 15) is 19.7 Å². The number of benzene rings is 2. The van der Waals surface area contributed by atoms with E-state index < -0.39 is 4.92 Å². The SMILES string of the molecule is O=C(CN1CCN(C(=O)Cc2ccc([N+](=O)[O-])cc2)CC1)Nc1ccccc1Cl. The number of hydrogen-bond acceptors (Lipinski definition) is 5. The number of non-ortho nitro benzene ring substituents is 1. The lowest BCUT2D eigenvalue weighted by molar-refractivity contribution is -0.384. The van der Waals surface area contributed by atoms with E-state index in [1.807, 2.05) is 4.90 Å². The number of nitrogens with zero attached hydrogens (tertiary/aromatic N) is 3. The van der Waals surface area contributed by atoms with Crippen LogP contribution in [0.25, 0.3) is 0 Å². The summed E-state index contributed by atoms with van der Waals surface area (Å²) < 4.78 is 0. The number of piperazine rings is 1. The Bertz CT molecular complexity index is 896. The number of hydrogen-bond donors (Lipinski definition) is 1. The van der Waals surface area contributed by atoms with Crippen LogP contribution in [0.5, 0.6) is 0 Å². The molecule has 1 N–H and O–H groups in total. The van der Waals surface area contributed by atoms with Gasteiger partial charge in [0.1, 0.15) is 0 Å². The minimum absolute atomic E-state index is 0.00452. The largest absolute Gasteiger partial charge is 0.340 e.